The lowest BCUT2D eigenvalue weighted by Crippen LogP contribution is -2.53. The van der Waals surface area contributed by atoms with Crippen LogP contribution >= 0.6 is 8.46 Å². The van der Waals surface area contributed by atoms with Gasteiger partial charge in [0.05, 0.1) is 19.5 Å². The van der Waals surface area contributed by atoms with E-state index in [9.17, 15) is 17.8 Å². The summed E-state index contributed by atoms with van der Waals surface area (Å²) in [7, 11) is -4.54. The van der Waals surface area contributed by atoms with E-state index in [4.69, 9.17) is 13.7 Å². The maximum atomic E-state index is 12.7. The highest BCUT2D eigenvalue weighted by atomic mass is 32.2. The zero-order valence-corrected chi connectivity index (χ0v) is 17.1. The normalized spacial score (nSPS) is 15.3. The minimum absolute atomic E-state index is 0.107. The van der Waals surface area contributed by atoms with Gasteiger partial charge in [0.15, 0.2) is 6.16 Å². The van der Waals surface area contributed by atoms with Crippen molar-refractivity contribution < 1.29 is 31.4 Å². The molecule has 0 bridgehead atoms. The van der Waals surface area contributed by atoms with Gasteiger partial charge >= 0.3 is 14.4 Å². The van der Waals surface area contributed by atoms with Gasteiger partial charge in [-0.3, -0.25) is 4.18 Å². The second-order valence-electron chi connectivity index (χ2n) is 5.74. The molecule has 1 aromatic carbocycles. The summed E-state index contributed by atoms with van der Waals surface area (Å²) in [5.74, 6) is -1.36. The van der Waals surface area contributed by atoms with Crippen molar-refractivity contribution in [3.8, 4) is 0 Å². The molecule has 0 N–H and O–H groups in total. The molecule has 3 atom stereocenters. The van der Waals surface area contributed by atoms with E-state index in [2.05, 4.69) is 0 Å². The summed E-state index contributed by atoms with van der Waals surface area (Å²) < 4.78 is 50.3. The SMILES string of the molecule is CCOC(=O)C(C[PH+]=O)(OCC)C(COS(C)(=O)=O)Cc1ccccc1. The predicted molar refractivity (Wildman–Crippen MR) is 99.3 cm³/mol. The molecule has 26 heavy (non-hydrogen) atoms. The average Bonchev–Trinajstić information content (AvgIpc) is 2.58. The maximum Gasteiger partial charge on any atom is 0.343 e. The van der Waals surface area contributed by atoms with E-state index < -0.39 is 36.1 Å². The van der Waals surface area contributed by atoms with Crippen LogP contribution in [-0.2, 0) is 39.6 Å². The van der Waals surface area contributed by atoms with Crippen molar-refractivity contribution >= 4 is 24.5 Å². The lowest BCUT2D eigenvalue weighted by atomic mass is 9.84. The topological polar surface area (TPSA) is 96.0 Å². The Morgan fingerprint density at radius 1 is 1.19 bits per heavy atom. The smallest absolute Gasteiger partial charge is 0.343 e. The third-order valence-electron chi connectivity index (χ3n) is 3.83. The van der Waals surface area contributed by atoms with Crippen molar-refractivity contribution in [1.29, 1.82) is 0 Å². The van der Waals surface area contributed by atoms with Crippen LogP contribution in [0.5, 0.6) is 0 Å². The summed E-state index contributed by atoms with van der Waals surface area (Å²) in [6.07, 6.45) is 1.14. The van der Waals surface area contributed by atoms with Gasteiger partial charge in [0.2, 0.25) is 5.60 Å². The third-order valence-corrected chi connectivity index (χ3v) is 5.06. The number of carbonyl (C=O) groups is 1. The molecule has 0 aliphatic heterocycles. The summed E-state index contributed by atoms with van der Waals surface area (Å²) in [6.45, 7) is 3.39. The Kier molecular flexibility index (Phi) is 9.36. The van der Waals surface area contributed by atoms with Gasteiger partial charge in [0.25, 0.3) is 10.1 Å². The van der Waals surface area contributed by atoms with E-state index in [1.165, 1.54) is 0 Å². The van der Waals surface area contributed by atoms with E-state index in [1.54, 1.807) is 13.8 Å². The van der Waals surface area contributed by atoms with Crippen molar-refractivity contribution in [2.24, 2.45) is 5.92 Å². The molecule has 7 nitrogen and oxygen atoms in total. The third kappa shape index (κ3) is 6.76. The molecule has 3 unspecified atom stereocenters. The number of carbonyl (C=O) groups excluding carboxylic acids is 1. The number of ether oxygens (including phenoxy) is 2. The van der Waals surface area contributed by atoms with Crippen molar-refractivity contribution in [3.05, 3.63) is 35.9 Å². The fourth-order valence-electron chi connectivity index (χ4n) is 2.69. The van der Waals surface area contributed by atoms with E-state index in [-0.39, 0.29) is 26.0 Å². The summed E-state index contributed by atoms with van der Waals surface area (Å²) >= 11 is 0. The molecule has 0 heterocycles. The lowest BCUT2D eigenvalue weighted by molar-refractivity contribution is -0.178. The first-order valence-electron chi connectivity index (χ1n) is 8.33. The molecule has 1 aromatic rings. The minimum atomic E-state index is -3.72. The van der Waals surface area contributed by atoms with Crippen molar-refractivity contribution in [2.45, 2.75) is 25.9 Å². The van der Waals surface area contributed by atoms with Gasteiger partial charge in [-0.15, -0.1) is 0 Å². The molecule has 0 saturated carbocycles. The largest absolute Gasteiger partial charge is 0.464 e. The number of esters is 1. The van der Waals surface area contributed by atoms with E-state index >= 15 is 0 Å². The van der Waals surface area contributed by atoms with Gasteiger partial charge in [0.1, 0.15) is 0 Å². The molecule has 146 valence electrons. The summed E-state index contributed by atoms with van der Waals surface area (Å²) in [5, 5.41) is 0. The number of hydrogen-bond acceptors (Lipinski definition) is 7. The zero-order chi connectivity index (χ0) is 19.6. The Morgan fingerprint density at radius 3 is 2.35 bits per heavy atom. The van der Waals surface area contributed by atoms with Gasteiger partial charge in [-0.2, -0.15) is 8.42 Å². The van der Waals surface area contributed by atoms with Crippen LogP contribution in [0.1, 0.15) is 19.4 Å². The van der Waals surface area contributed by atoms with Crippen molar-refractivity contribution in [1.82, 2.24) is 0 Å². The van der Waals surface area contributed by atoms with Gasteiger partial charge in [-0.1, -0.05) is 34.9 Å². The second-order valence-corrected chi connectivity index (χ2v) is 8.03. The molecule has 0 aromatic heterocycles. The molecule has 1 rings (SSSR count). The number of hydrogen-bond donors (Lipinski definition) is 0. The van der Waals surface area contributed by atoms with E-state index in [0.29, 0.717) is 6.42 Å². The molecule has 0 aliphatic rings. The van der Waals surface area contributed by atoms with Crippen LogP contribution < -0.4 is 0 Å². The Hall–Kier alpha value is -1.34. The van der Waals surface area contributed by atoms with Gasteiger partial charge in [-0.05, 0) is 25.8 Å². The first kappa shape index (κ1) is 22.7. The summed E-state index contributed by atoms with van der Waals surface area (Å²) in [5.41, 5.74) is -0.678. The second kappa shape index (κ2) is 10.7. The molecule has 0 fully saturated rings. The Labute approximate surface area is 156 Å². The van der Waals surface area contributed by atoms with Crippen LogP contribution in [0.2, 0.25) is 0 Å². The zero-order valence-electron chi connectivity index (χ0n) is 15.3. The van der Waals surface area contributed by atoms with Crippen LogP contribution in [-0.4, -0.2) is 52.2 Å². The molecular weight excluding hydrogens is 379 g/mol. The molecule has 0 spiro atoms. The Balaban J connectivity index is 3.31. The van der Waals surface area contributed by atoms with Gasteiger partial charge in [0, 0.05) is 12.5 Å². The molecule has 0 amide bonds. The minimum Gasteiger partial charge on any atom is -0.464 e. The van der Waals surface area contributed by atoms with Crippen molar-refractivity contribution in [2.75, 3.05) is 32.2 Å². The monoisotopic (exact) mass is 405 g/mol. The summed E-state index contributed by atoms with van der Waals surface area (Å²) in [6, 6.07) is 9.24. The average molecular weight is 405 g/mol. The van der Waals surface area contributed by atoms with Crippen LogP contribution in [0.4, 0.5) is 0 Å². The summed E-state index contributed by atoms with van der Waals surface area (Å²) in [4.78, 5) is 12.7. The van der Waals surface area contributed by atoms with Gasteiger partial charge < -0.3 is 9.47 Å². The molecule has 0 aliphatic carbocycles. The fraction of sp³-hybridized carbons (Fsp3) is 0.588. The molecule has 9 heteroatoms. The molecule has 0 saturated heterocycles. The first-order chi connectivity index (χ1) is 12.3. The van der Waals surface area contributed by atoms with Crippen LogP contribution in [0.15, 0.2) is 30.3 Å². The standard InChI is InChI=1S/C17H25O7PS/c1-4-22-16(18)17(13-25-19,23-5-2)15(12-24-26(3,20)21)11-14-9-7-6-8-10-14/h6-10,15H,4-5,11-13H2,1-3H3/p+1. The Morgan fingerprint density at radius 2 is 1.85 bits per heavy atom. The number of benzene rings is 1. The Bertz CT molecular complexity index is 678. The fourth-order valence-corrected chi connectivity index (χ4v) is 3.85. The first-order valence-corrected chi connectivity index (χ1v) is 11.3. The maximum absolute atomic E-state index is 12.7. The lowest BCUT2D eigenvalue weighted by Gasteiger charge is -2.34. The highest BCUT2D eigenvalue weighted by molar-refractivity contribution is 7.85. The van der Waals surface area contributed by atoms with Crippen LogP contribution in [0.3, 0.4) is 0 Å². The highest BCUT2D eigenvalue weighted by Crippen LogP contribution is 2.32. The quantitative estimate of drug-likeness (QED) is 0.299. The predicted octanol–water partition coefficient (Wildman–Crippen LogP) is 2.18. The number of rotatable bonds is 12. The van der Waals surface area contributed by atoms with Crippen molar-refractivity contribution in [3.63, 3.8) is 0 Å². The van der Waals surface area contributed by atoms with E-state index in [1.807, 2.05) is 30.3 Å². The molecular formula is C17H26O7PS+. The van der Waals surface area contributed by atoms with Crippen LogP contribution in [0.25, 0.3) is 0 Å². The highest BCUT2D eigenvalue weighted by Gasteiger charge is 2.51. The molecule has 0 radical (unpaired) electrons. The van der Waals surface area contributed by atoms with Crippen LogP contribution in [0, 0.1) is 5.92 Å². The van der Waals surface area contributed by atoms with E-state index in [0.717, 1.165) is 11.8 Å². The van der Waals surface area contributed by atoms with Gasteiger partial charge in [-0.25, -0.2) is 4.79 Å².